The molecular weight excluding hydrogens is 351 g/mol. The molecule has 1 heterocycles. The number of hydrogen-bond acceptors (Lipinski definition) is 3. The molecule has 3 aromatic rings. The van der Waals surface area contributed by atoms with Crippen molar-refractivity contribution in [3.05, 3.63) is 68.5 Å². The van der Waals surface area contributed by atoms with Crippen LogP contribution in [0.5, 0.6) is 0 Å². The lowest BCUT2D eigenvalue weighted by Gasteiger charge is -2.06. The highest BCUT2D eigenvalue weighted by Crippen LogP contribution is 2.30. The Morgan fingerprint density at radius 2 is 1.83 bits per heavy atom. The molecule has 1 aromatic heterocycles. The molecule has 3 nitrogen and oxygen atoms in total. The number of thiazole rings is 1. The zero-order chi connectivity index (χ0) is 16.4. The first-order valence-corrected chi connectivity index (χ1v) is 8.41. The minimum absolute atomic E-state index is 0.215. The van der Waals surface area contributed by atoms with Crippen molar-refractivity contribution in [3.63, 3.8) is 0 Å². The lowest BCUT2D eigenvalue weighted by molar-refractivity contribution is 0.103. The number of amides is 1. The molecule has 23 heavy (non-hydrogen) atoms. The third-order valence-corrected chi connectivity index (χ3v) is 4.87. The zero-order valence-corrected chi connectivity index (χ0v) is 14.5. The number of aromatic nitrogens is 1. The topological polar surface area (TPSA) is 42.0 Å². The van der Waals surface area contributed by atoms with Crippen LogP contribution in [0.4, 0.5) is 5.69 Å². The van der Waals surface area contributed by atoms with Crippen molar-refractivity contribution in [1.29, 1.82) is 0 Å². The first-order chi connectivity index (χ1) is 11.0. The SMILES string of the molecule is Cc1nc(-c2ccccc2)c(C(=O)Nc2ccc(Cl)c(Cl)c2)s1. The summed E-state index contributed by atoms with van der Waals surface area (Å²) in [7, 11) is 0. The molecule has 0 radical (unpaired) electrons. The van der Waals surface area contributed by atoms with Gasteiger partial charge in [-0.2, -0.15) is 0 Å². The number of carbonyl (C=O) groups excluding carboxylic acids is 1. The minimum Gasteiger partial charge on any atom is -0.321 e. The fourth-order valence-corrected chi connectivity index (χ4v) is 3.27. The van der Waals surface area contributed by atoms with Crippen molar-refractivity contribution in [1.82, 2.24) is 4.98 Å². The van der Waals surface area contributed by atoms with Gasteiger partial charge in [0.05, 0.1) is 20.7 Å². The van der Waals surface area contributed by atoms with E-state index < -0.39 is 0 Å². The van der Waals surface area contributed by atoms with E-state index in [4.69, 9.17) is 23.2 Å². The first-order valence-electron chi connectivity index (χ1n) is 6.84. The van der Waals surface area contributed by atoms with Crippen LogP contribution < -0.4 is 5.32 Å². The van der Waals surface area contributed by atoms with Crippen molar-refractivity contribution in [2.24, 2.45) is 0 Å². The van der Waals surface area contributed by atoms with E-state index in [1.165, 1.54) is 11.3 Å². The third kappa shape index (κ3) is 3.55. The molecule has 2 aromatic carbocycles. The largest absolute Gasteiger partial charge is 0.321 e. The van der Waals surface area contributed by atoms with Crippen molar-refractivity contribution >= 4 is 46.1 Å². The molecule has 0 saturated heterocycles. The van der Waals surface area contributed by atoms with Crippen LogP contribution in [0.1, 0.15) is 14.7 Å². The smallest absolute Gasteiger partial charge is 0.268 e. The Bertz CT molecular complexity index is 862. The molecule has 0 saturated carbocycles. The predicted molar refractivity (Wildman–Crippen MR) is 96.7 cm³/mol. The van der Waals surface area contributed by atoms with Gasteiger partial charge in [0.25, 0.3) is 5.91 Å². The zero-order valence-electron chi connectivity index (χ0n) is 12.1. The summed E-state index contributed by atoms with van der Waals surface area (Å²) in [6, 6.07) is 14.6. The highest BCUT2D eigenvalue weighted by atomic mass is 35.5. The molecular formula is C17H12Cl2N2OS. The molecule has 0 aliphatic carbocycles. The standard InChI is InChI=1S/C17H12Cl2N2OS/c1-10-20-15(11-5-3-2-4-6-11)16(23-10)17(22)21-12-7-8-13(18)14(19)9-12/h2-9H,1H3,(H,21,22). The van der Waals surface area contributed by atoms with Crippen LogP contribution in [0, 0.1) is 6.92 Å². The number of anilines is 1. The molecule has 0 spiro atoms. The van der Waals surface area contributed by atoms with Crippen LogP contribution in [-0.4, -0.2) is 10.9 Å². The second kappa shape index (κ2) is 6.71. The van der Waals surface area contributed by atoms with Gasteiger partial charge >= 0.3 is 0 Å². The summed E-state index contributed by atoms with van der Waals surface area (Å²) in [5, 5.41) is 4.52. The van der Waals surface area contributed by atoms with Crippen molar-refractivity contribution in [2.45, 2.75) is 6.92 Å². The Labute approximate surface area is 147 Å². The van der Waals surface area contributed by atoms with Crippen LogP contribution in [0.3, 0.4) is 0 Å². The maximum Gasteiger partial charge on any atom is 0.268 e. The Morgan fingerprint density at radius 1 is 1.09 bits per heavy atom. The summed E-state index contributed by atoms with van der Waals surface area (Å²) >= 11 is 13.2. The molecule has 1 amide bonds. The van der Waals surface area contributed by atoms with Crippen LogP contribution >= 0.6 is 34.5 Å². The van der Waals surface area contributed by atoms with Gasteiger partial charge in [-0.1, -0.05) is 53.5 Å². The van der Waals surface area contributed by atoms with Crippen molar-refractivity contribution < 1.29 is 4.79 Å². The molecule has 116 valence electrons. The highest BCUT2D eigenvalue weighted by molar-refractivity contribution is 7.14. The number of nitrogens with one attached hydrogen (secondary N) is 1. The lowest BCUT2D eigenvalue weighted by atomic mass is 10.1. The van der Waals surface area contributed by atoms with Gasteiger partial charge in [0.2, 0.25) is 0 Å². The van der Waals surface area contributed by atoms with Gasteiger partial charge in [-0.05, 0) is 25.1 Å². The average molecular weight is 363 g/mol. The predicted octanol–water partition coefficient (Wildman–Crippen LogP) is 5.68. The highest BCUT2D eigenvalue weighted by Gasteiger charge is 2.18. The van der Waals surface area contributed by atoms with E-state index >= 15 is 0 Å². The maximum absolute atomic E-state index is 12.6. The number of benzene rings is 2. The summed E-state index contributed by atoms with van der Waals surface area (Å²) in [5.41, 5.74) is 2.19. The van der Waals surface area contributed by atoms with Gasteiger partial charge in [0.1, 0.15) is 4.88 Å². The number of aryl methyl sites for hydroxylation is 1. The van der Waals surface area contributed by atoms with Gasteiger partial charge in [-0.15, -0.1) is 11.3 Å². The van der Waals surface area contributed by atoms with E-state index in [1.807, 2.05) is 37.3 Å². The Kier molecular flexibility index (Phi) is 4.66. The molecule has 3 rings (SSSR count). The second-order valence-corrected chi connectivity index (χ2v) is 6.88. The first kappa shape index (κ1) is 16.0. The lowest BCUT2D eigenvalue weighted by Crippen LogP contribution is -2.11. The van der Waals surface area contributed by atoms with Gasteiger partial charge in [0.15, 0.2) is 0 Å². The third-order valence-electron chi connectivity index (χ3n) is 3.17. The van der Waals surface area contributed by atoms with E-state index in [0.29, 0.717) is 26.3 Å². The molecule has 1 N–H and O–H groups in total. The van der Waals surface area contributed by atoms with Gasteiger partial charge < -0.3 is 5.32 Å². The summed E-state index contributed by atoms with van der Waals surface area (Å²) in [6.45, 7) is 1.88. The number of halogens is 2. The summed E-state index contributed by atoms with van der Waals surface area (Å²) < 4.78 is 0. The fraction of sp³-hybridized carbons (Fsp3) is 0.0588. The van der Waals surface area contributed by atoms with Crippen LogP contribution in [0.15, 0.2) is 48.5 Å². The van der Waals surface area contributed by atoms with E-state index in [-0.39, 0.29) is 5.91 Å². The molecule has 0 bridgehead atoms. The van der Waals surface area contributed by atoms with Crippen LogP contribution in [0.2, 0.25) is 10.0 Å². The average Bonchev–Trinajstić information content (AvgIpc) is 2.94. The van der Waals surface area contributed by atoms with Crippen LogP contribution in [0.25, 0.3) is 11.3 Å². The normalized spacial score (nSPS) is 10.6. The maximum atomic E-state index is 12.6. The Hall–Kier alpha value is -1.88. The molecule has 0 atom stereocenters. The fourth-order valence-electron chi connectivity index (χ4n) is 2.13. The molecule has 0 aliphatic rings. The minimum atomic E-state index is -0.215. The van der Waals surface area contributed by atoms with E-state index in [1.54, 1.807) is 18.2 Å². The van der Waals surface area contributed by atoms with Crippen molar-refractivity contribution in [2.75, 3.05) is 5.32 Å². The Morgan fingerprint density at radius 3 is 2.52 bits per heavy atom. The van der Waals surface area contributed by atoms with Gasteiger partial charge in [-0.25, -0.2) is 4.98 Å². The van der Waals surface area contributed by atoms with Crippen LogP contribution in [-0.2, 0) is 0 Å². The molecule has 6 heteroatoms. The van der Waals surface area contributed by atoms with Gasteiger partial charge in [-0.3, -0.25) is 4.79 Å². The van der Waals surface area contributed by atoms with Gasteiger partial charge in [0, 0.05) is 11.3 Å². The molecule has 0 unspecified atom stereocenters. The Balaban J connectivity index is 1.92. The molecule has 0 fully saturated rings. The summed E-state index contributed by atoms with van der Waals surface area (Å²) in [4.78, 5) is 17.7. The number of hydrogen-bond donors (Lipinski definition) is 1. The number of nitrogens with zero attached hydrogens (tertiary/aromatic N) is 1. The van der Waals surface area contributed by atoms with E-state index in [2.05, 4.69) is 10.3 Å². The second-order valence-electron chi connectivity index (χ2n) is 4.86. The van der Waals surface area contributed by atoms with Crippen molar-refractivity contribution in [3.8, 4) is 11.3 Å². The quantitative estimate of drug-likeness (QED) is 0.651. The van der Waals surface area contributed by atoms with E-state index in [9.17, 15) is 4.79 Å². The monoisotopic (exact) mass is 362 g/mol. The molecule has 0 aliphatic heterocycles. The van der Waals surface area contributed by atoms with E-state index in [0.717, 1.165) is 10.6 Å². The number of carbonyl (C=O) groups is 1. The summed E-state index contributed by atoms with van der Waals surface area (Å²) in [6.07, 6.45) is 0. The number of rotatable bonds is 3. The summed E-state index contributed by atoms with van der Waals surface area (Å²) in [5.74, 6) is -0.215.